The van der Waals surface area contributed by atoms with Crippen molar-refractivity contribution in [1.29, 1.82) is 0 Å². The Bertz CT molecular complexity index is 1060. The number of hydrogen-bond acceptors (Lipinski definition) is 7. The standard InChI is InChI=1S/C18H17N5O3S/c1-3-27-18-19-8-14-16(22-18)20-10-23(17(14)26)9-15(25)21-13-6-4-12(5-7-13)11(2)24/h4-8,10H,3,9H2,1-2H3,(H,21,25). The molecule has 0 aliphatic carbocycles. The number of ketones is 1. The molecule has 2 aromatic heterocycles. The van der Waals surface area contributed by atoms with Gasteiger partial charge < -0.3 is 5.32 Å². The minimum atomic E-state index is -0.382. The van der Waals surface area contributed by atoms with E-state index in [9.17, 15) is 14.4 Å². The molecule has 1 N–H and O–H groups in total. The second-order valence-corrected chi connectivity index (χ2v) is 6.91. The first-order valence-electron chi connectivity index (χ1n) is 8.23. The molecule has 0 fully saturated rings. The Morgan fingerprint density at radius 2 is 1.93 bits per heavy atom. The normalized spacial score (nSPS) is 10.7. The molecule has 0 aliphatic rings. The summed E-state index contributed by atoms with van der Waals surface area (Å²) in [5.74, 6) is 0.383. The number of carbonyl (C=O) groups is 2. The van der Waals surface area contributed by atoms with E-state index in [4.69, 9.17) is 0 Å². The van der Waals surface area contributed by atoms with Gasteiger partial charge in [0.05, 0.1) is 0 Å². The van der Waals surface area contributed by atoms with Gasteiger partial charge in [-0.3, -0.25) is 19.0 Å². The van der Waals surface area contributed by atoms with Crippen LogP contribution in [0.3, 0.4) is 0 Å². The molecule has 0 bridgehead atoms. The molecular weight excluding hydrogens is 366 g/mol. The van der Waals surface area contributed by atoms with Crippen molar-refractivity contribution in [2.24, 2.45) is 0 Å². The molecular formula is C18H17N5O3S. The van der Waals surface area contributed by atoms with E-state index in [1.807, 2.05) is 6.92 Å². The van der Waals surface area contributed by atoms with Crippen molar-refractivity contribution in [3.05, 3.63) is 52.7 Å². The number of Topliss-reactive ketones (excluding diaryl/α,β-unsaturated/α-hetero) is 1. The van der Waals surface area contributed by atoms with E-state index in [1.165, 1.54) is 35.8 Å². The van der Waals surface area contributed by atoms with Gasteiger partial charge in [0.1, 0.15) is 18.3 Å². The molecule has 9 heteroatoms. The van der Waals surface area contributed by atoms with Crippen molar-refractivity contribution in [2.75, 3.05) is 11.1 Å². The van der Waals surface area contributed by atoms with Gasteiger partial charge in [-0.05, 0) is 36.9 Å². The number of benzene rings is 1. The van der Waals surface area contributed by atoms with Crippen LogP contribution in [0, 0.1) is 0 Å². The quantitative estimate of drug-likeness (QED) is 0.395. The van der Waals surface area contributed by atoms with E-state index < -0.39 is 0 Å². The highest BCUT2D eigenvalue weighted by atomic mass is 32.2. The molecule has 0 saturated heterocycles. The van der Waals surface area contributed by atoms with Crippen LogP contribution in [0.2, 0.25) is 0 Å². The van der Waals surface area contributed by atoms with E-state index in [0.717, 1.165) is 5.75 Å². The van der Waals surface area contributed by atoms with Crippen LogP contribution in [0.5, 0.6) is 0 Å². The highest BCUT2D eigenvalue weighted by Gasteiger charge is 2.11. The average molecular weight is 383 g/mol. The van der Waals surface area contributed by atoms with Gasteiger partial charge in [0, 0.05) is 17.4 Å². The second kappa shape index (κ2) is 8.09. The van der Waals surface area contributed by atoms with Crippen LogP contribution >= 0.6 is 11.8 Å². The molecule has 0 aliphatic heterocycles. The molecule has 0 atom stereocenters. The highest BCUT2D eigenvalue weighted by Crippen LogP contribution is 2.13. The van der Waals surface area contributed by atoms with Crippen molar-refractivity contribution in [2.45, 2.75) is 25.5 Å². The van der Waals surface area contributed by atoms with Crippen LogP contribution in [-0.4, -0.2) is 37.0 Å². The summed E-state index contributed by atoms with van der Waals surface area (Å²) in [6, 6.07) is 6.53. The number of nitrogens with zero attached hydrogens (tertiary/aromatic N) is 4. The van der Waals surface area contributed by atoms with Gasteiger partial charge in [-0.15, -0.1) is 0 Å². The zero-order valence-corrected chi connectivity index (χ0v) is 15.6. The predicted octanol–water partition coefficient (Wildman–Crippen LogP) is 2.14. The number of aromatic nitrogens is 4. The minimum absolute atomic E-state index is 0.0515. The number of thioether (sulfide) groups is 1. The van der Waals surface area contributed by atoms with Gasteiger partial charge in [-0.2, -0.15) is 0 Å². The van der Waals surface area contributed by atoms with Gasteiger partial charge in [0.15, 0.2) is 16.6 Å². The first-order valence-corrected chi connectivity index (χ1v) is 9.22. The van der Waals surface area contributed by atoms with Gasteiger partial charge in [-0.1, -0.05) is 18.7 Å². The Hall–Kier alpha value is -3.07. The number of hydrogen-bond donors (Lipinski definition) is 1. The summed E-state index contributed by atoms with van der Waals surface area (Å²) in [7, 11) is 0. The first kappa shape index (κ1) is 18.7. The lowest BCUT2D eigenvalue weighted by atomic mass is 10.1. The molecule has 3 aromatic rings. The van der Waals surface area contributed by atoms with Crippen molar-refractivity contribution >= 4 is 40.2 Å². The van der Waals surface area contributed by atoms with Crippen LogP contribution in [0.15, 0.2) is 46.7 Å². The van der Waals surface area contributed by atoms with Gasteiger partial charge in [0.25, 0.3) is 5.56 Å². The molecule has 0 spiro atoms. The molecule has 27 heavy (non-hydrogen) atoms. The number of carbonyl (C=O) groups excluding carboxylic acids is 2. The highest BCUT2D eigenvalue weighted by molar-refractivity contribution is 7.99. The van der Waals surface area contributed by atoms with Gasteiger partial charge >= 0.3 is 0 Å². The summed E-state index contributed by atoms with van der Waals surface area (Å²) >= 11 is 1.46. The topological polar surface area (TPSA) is 107 Å². The monoisotopic (exact) mass is 383 g/mol. The van der Waals surface area contributed by atoms with Gasteiger partial charge in [0.2, 0.25) is 5.91 Å². The number of fused-ring (bicyclic) bond motifs is 1. The molecule has 1 aromatic carbocycles. The Balaban J connectivity index is 1.76. The Morgan fingerprint density at radius 3 is 2.59 bits per heavy atom. The van der Waals surface area contributed by atoms with Gasteiger partial charge in [-0.25, -0.2) is 15.0 Å². The third-order valence-electron chi connectivity index (χ3n) is 3.72. The fraction of sp³-hybridized carbons (Fsp3) is 0.222. The third-order valence-corrected chi connectivity index (χ3v) is 4.46. The summed E-state index contributed by atoms with van der Waals surface area (Å²) in [5, 5.41) is 3.50. The van der Waals surface area contributed by atoms with Crippen molar-refractivity contribution in [3.8, 4) is 0 Å². The van der Waals surface area contributed by atoms with E-state index >= 15 is 0 Å². The first-order chi connectivity index (χ1) is 13.0. The second-order valence-electron chi connectivity index (χ2n) is 5.68. The van der Waals surface area contributed by atoms with E-state index in [2.05, 4.69) is 20.3 Å². The number of nitrogens with one attached hydrogen (secondary N) is 1. The Labute approximate surface area is 159 Å². The molecule has 0 saturated carbocycles. The number of anilines is 1. The lowest BCUT2D eigenvalue weighted by Crippen LogP contribution is -2.28. The van der Waals surface area contributed by atoms with Crippen LogP contribution in [0.25, 0.3) is 11.0 Å². The predicted molar refractivity (Wildman–Crippen MR) is 103 cm³/mol. The van der Waals surface area contributed by atoms with E-state index in [0.29, 0.717) is 22.1 Å². The maximum Gasteiger partial charge on any atom is 0.264 e. The molecule has 3 rings (SSSR count). The molecule has 2 heterocycles. The SMILES string of the molecule is CCSc1ncc2c(=O)n(CC(=O)Nc3ccc(C(C)=O)cc3)cnc2n1. The van der Waals surface area contributed by atoms with Crippen LogP contribution in [0.1, 0.15) is 24.2 Å². The van der Waals surface area contributed by atoms with E-state index in [1.54, 1.807) is 24.3 Å². The van der Waals surface area contributed by atoms with Crippen LogP contribution < -0.4 is 10.9 Å². The smallest absolute Gasteiger partial charge is 0.264 e. The average Bonchev–Trinajstić information content (AvgIpc) is 2.65. The van der Waals surface area contributed by atoms with Crippen molar-refractivity contribution < 1.29 is 9.59 Å². The minimum Gasteiger partial charge on any atom is -0.325 e. The maximum absolute atomic E-state index is 12.5. The largest absolute Gasteiger partial charge is 0.325 e. The van der Waals surface area contributed by atoms with E-state index in [-0.39, 0.29) is 29.2 Å². The number of amides is 1. The molecule has 138 valence electrons. The molecule has 1 amide bonds. The summed E-state index contributed by atoms with van der Waals surface area (Å²) in [6.07, 6.45) is 2.74. The lowest BCUT2D eigenvalue weighted by molar-refractivity contribution is -0.116. The Kier molecular flexibility index (Phi) is 5.60. The molecule has 8 nitrogen and oxygen atoms in total. The van der Waals surface area contributed by atoms with Crippen LogP contribution in [0.4, 0.5) is 5.69 Å². The fourth-order valence-electron chi connectivity index (χ4n) is 2.39. The third kappa shape index (κ3) is 4.37. The van der Waals surface area contributed by atoms with Crippen LogP contribution in [-0.2, 0) is 11.3 Å². The summed E-state index contributed by atoms with van der Waals surface area (Å²) in [4.78, 5) is 48.6. The fourth-order valence-corrected chi connectivity index (χ4v) is 2.93. The van der Waals surface area contributed by atoms with Crippen molar-refractivity contribution in [3.63, 3.8) is 0 Å². The summed E-state index contributed by atoms with van der Waals surface area (Å²) in [5.41, 5.74) is 1.03. The maximum atomic E-state index is 12.5. The molecule has 0 radical (unpaired) electrons. The zero-order chi connectivity index (χ0) is 19.4. The number of rotatable bonds is 6. The van der Waals surface area contributed by atoms with Crippen molar-refractivity contribution in [1.82, 2.24) is 19.5 Å². The lowest BCUT2D eigenvalue weighted by Gasteiger charge is -2.08. The molecule has 0 unspecified atom stereocenters. The summed E-state index contributed by atoms with van der Waals surface area (Å²) in [6.45, 7) is 3.26. The zero-order valence-electron chi connectivity index (χ0n) is 14.8. The summed E-state index contributed by atoms with van der Waals surface area (Å²) < 4.78 is 1.21. The Morgan fingerprint density at radius 1 is 1.19 bits per heavy atom.